The second-order valence-corrected chi connectivity index (χ2v) is 20.3. The lowest BCUT2D eigenvalue weighted by Gasteiger charge is -2.58. The maximum Gasteiger partial charge on any atom is 0.230 e. The van der Waals surface area contributed by atoms with Crippen molar-refractivity contribution in [2.45, 2.75) is 191 Å². The number of rotatable bonds is 32. The van der Waals surface area contributed by atoms with Gasteiger partial charge in [-0.05, 0) is 92.4 Å². The molecule has 2 aliphatic heterocycles. The van der Waals surface area contributed by atoms with Crippen LogP contribution in [-0.2, 0) is 20.9 Å². The van der Waals surface area contributed by atoms with E-state index in [0.29, 0.717) is 30.9 Å². The van der Waals surface area contributed by atoms with Crippen LogP contribution < -0.4 is 9.47 Å². The SMILES string of the molecule is C=CCOC12Oc3ccc(OCc4ccccc4F)cc3C3C(CCCCO)C(CCCCO)C=C(C(=NOC4CCCCO4)CC1SCCCCCCCCCCCCCCCC)C32. The number of aliphatic hydroxyl groups is 2. The average Bonchev–Trinajstić information content (AvgIpc) is 3.33. The van der Waals surface area contributed by atoms with Gasteiger partial charge in [0.25, 0.3) is 0 Å². The van der Waals surface area contributed by atoms with Gasteiger partial charge in [-0.2, -0.15) is 11.8 Å². The number of thioether (sulfide) groups is 1. The van der Waals surface area contributed by atoms with Gasteiger partial charge >= 0.3 is 0 Å². The van der Waals surface area contributed by atoms with E-state index in [1.807, 2.05) is 36.0 Å². The Balaban J connectivity index is 1.28. The number of hydrogen-bond acceptors (Lipinski definition) is 9. The summed E-state index contributed by atoms with van der Waals surface area (Å²) < 4.78 is 41.7. The van der Waals surface area contributed by atoms with E-state index in [1.165, 1.54) is 89.5 Å². The Kier molecular flexibility index (Phi) is 22.5. The summed E-state index contributed by atoms with van der Waals surface area (Å²) in [5.41, 5.74) is 3.60. The van der Waals surface area contributed by atoms with Crippen molar-refractivity contribution in [3.8, 4) is 11.5 Å². The Morgan fingerprint density at radius 2 is 1.57 bits per heavy atom. The van der Waals surface area contributed by atoms with E-state index < -0.39 is 5.79 Å². The van der Waals surface area contributed by atoms with Crippen molar-refractivity contribution >= 4 is 17.5 Å². The highest BCUT2D eigenvalue weighted by Gasteiger charge is 2.64. The molecule has 362 valence electrons. The number of nitrogens with zero attached hydrogens (tertiary/aromatic N) is 1. The van der Waals surface area contributed by atoms with Gasteiger partial charge in [-0.25, -0.2) is 4.39 Å². The summed E-state index contributed by atoms with van der Waals surface area (Å²) >= 11 is 1.95. The Morgan fingerprint density at radius 3 is 2.25 bits per heavy atom. The molecule has 7 atom stereocenters. The number of unbranched alkanes of at least 4 members (excludes halogenated alkanes) is 15. The zero-order valence-electron chi connectivity index (χ0n) is 39.7. The summed E-state index contributed by atoms with van der Waals surface area (Å²) in [5, 5.41) is 24.8. The maximum absolute atomic E-state index is 14.8. The topological polar surface area (TPSA) is 99.0 Å². The first-order valence-corrected chi connectivity index (χ1v) is 26.9. The number of benzene rings is 2. The molecule has 2 aromatic rings. The molecule has 6 rings (SSSR count). The van der Waals surface area contributed by atoms with Gasteiger partial charge in [0.05, 0.1) is 30.1 Å². The molecule has 0 amide bonds. The van der Waals surface area contributed by atoms with Gasteiger partial charge in [0, 0.05) is 43.1 Å². The molecule has 7 unspecified atom stereocenters. The molecular weight excluding hydrogens is 838 g/mol. The first-order chi connectivity index (χ1) is 32.0. The van der Waals surface area contributed by atoms with Crippen LogP contribution in [0.5, 0.6) is 11.5 Å². The lowest BCUT2D eigenvalue weighted by atomic mass is 9.56. The lowest BCUT2D eigenvalue weighted by molar-refractivity contribution is -0.223. The number of halogens is 1. The molecule has 65 heavy (non-hydrogen) atoms. The fourth-order valence-corrected chi connectivity index (χ4v) is 12.2. The first kappa shape index (κ1) is 51.5. The molecule has 2 fully saturated rings. The summed E-state index contributed by atoms with van der Waals surface area (Å²) in [4.78, 5) is 6.31. The van der Waals surface area contributed by atoms with Crippen molar-refractivity contribution in [2.75, 3.05) is 32.2 Å². The molecule has 0 aromatic heterocycles. The third-order valence-corrected chi connectivity index (χ3v) is 15.6. The molecular formula is C55H82FNO7S. The summed E-state index contributed by atoms with van der Waals surface area (Å²) in [6.45, 7) is 7.80. The predicted octanol–water partition coefficient (Wildman–Crippen LogP) is 13.8. The van der Waals surface area contributed by atoms with Crippen LogP contribution in [0.2, 0.25) is 0 Å². The van der Waals surface area contributed by atoms with Crippen LogP contribution in [0.25, 0.3) is 0 Å². The van der Waals surface area contributed by atoms with Crippen LogP contribution in [0.3, 0.4) is 0 Å². The van der Waals surface area contributed by atoms with Crippen LogP contribution in [0.1, 0.15) is 178 Å². The normalized spacial score (nSPS) is 25.4. The molecule has 8 nitrogen and oxygen atoms in total. The van der Waals surface area contributed by atoms with Gasteiger partial charge in [0.2, 0.25) is 12.1 Å². The molecule has 1 saturated carbocycles. The highest BCUT2D eigenvalue weighted by atomic mass is 32.2. The monoisotopic (exact) mass is 920 g/mol. The average molecular weight is 920 g/mol. The van der Waals surface area contributed by atoms with E-state index in [0.717, 1.165) is 92.6 Å². The van der Waals surface area contributed by atoms with E-state index in [9.17, 15) is 14.6 Å². The van der Waals surface area contributed by atoms with Crippen LogP contribution in [0, 0.1) is 23.6 Å². The Labute approximate surface area is 395 Å². The van der Waals surface area contributed by atoms with Gasteiger partial charge in [0.15, 0.2) is 0 Å². The van der Waals surface area contributed by atoms with Gasteiger partial charge in [-0.15, -0.1) is 6.58 Å². The number of aliphatic hydroxyl groups excluding tert-OH is 2. The highest BCUT2D eigenvalue weighted by molar-refractivity contribution is 8.00. The summed E-state index contributed by atoms with van der Waals surface area (Å²) in [5.74, 6) is 1.22. The van der Waals surface area contributed by atoms with Crippen LogP contribution in [0.15, 0.2) is 71.9 Å². The third kappa shape index (κ3) is 14.8. The summed E-state index contributed by atoms with van der Waals surface area (Å²) in [6.07, 6.45) is 31.1. The van der Waals surface area contributed by atoms with Crippen LogP contribution >= 0.6 is 11.8 Å². The van der Waals surface area contributed by atoms with E-state index in [4.69, 9.17) is 28.9 Å². The van der Waals surface area contributed by atoms with Gasteiger partial charge in [-0.1, -0.05) is 139 Å². The highest BCUT2D eigenvalue weighted by Crippen LogP contribution is 2.62. The third-order valence-electron chi connectivity index (χ3n) is 14.2. The minimum Gasteiger partial charge on any atom is -0.489 e. The summed E-state index contributed by atoms with van der Waals surface area (Å²) in [6, 6.07) is 12.8. The number of allylic oxidation sites excluding steroid dienone is 1. The van der Waals surface area contributed by atoms with Crippen molar-refractivity contribution in [1.82, 2.24) is 0 Å². The summed E-state index contributed by atoms with van der Waals surface area (Å²) in [7, 11) is 0. The maximum atomic E-state index is 14.8. The first-order valence-electron chi connectivity index (χ1n) is 25.9. The molecule has 1 saturated heterocycles. The molecule has 0 bridgehead atoms. The minimum absolute atomic E-state index is 0.0426. The van der Waals surface area contributed by atoms with Crippen molar-refractivity contribution < 1.29 is 38.4 Å². The quantitative estimate of drug-likeness (QED) is 0.0425. The number of ether oxygens (including phenoxy) is 4. The van der Waals surface area contributed by atoms with E-state index in [1.54, 1.807) is 12.1 Å². The molecule has 10 heteroatoms. The molecule has 0 radical (unpaired) electrons. The second-order valence-electron chi connectivity index (χ2n) is 19.0. The molecule has 4 aliphatic rings. The standard InChI is InChI=1S/C55H82FNO7S/c1-3-5-6-7-8-9-10-11-12-13-14-15-16-25-37-65-51-40-49(57-64-52-30-21-24-36-60-52)46-38-42(26-19-22-33-58)45(28-20-23-34-59)53-47-39-44(61-41-43-27-17-18-29-48(43)56)31-32-50(47)63-55(51,54(46)53)62-35-4-2/h4,17-18,27,29,31-32,38-39,42,45,51-54,58-59H,2-3,5-16,19-26,28,30,33-37,40-41H2,1H3. The Morgan fingerprint density at radius 1 is 0.862 bits per heavy atom. The van der Waals surface area contributed by atoms with Gasteiger partial charge in [-0.3, -0.25) is 0 Å². The number of fused-ring (bicyclic) bond motifs is 2. The van der Waals surface area contributed by atoms with Crippen molar-refractivity contribution in [3.05, 3.63) is 83.7 Å². The van der Waals surface area contributed by atoms with Crippen molar-refractivity contribution in [2.24, 2.45) is 22.9 Å². The largest absolute Gasteiger partial charge is 0.489 e. The zero-order chi connectivity index (χ0) is 45.5. The van der Waals surface area contributed by atoms with E-state index in [2.05, 4.69) is 25.6 Å². The zero-order valence-corrected chi connectivity index (χ0v) is 40.6. The fourth-order valence-electron chi connectivity index (χ4n) is 10.8. The molecule has 0 spiro atoms. The van der Waals surface area contributed by atoms with E-state index >= 15 is 0 Å². The van der Waals surface area contributed by atoms with Crippen LogP contribution in [0.4, 0.5) is 4.39 Å². The smallest absolute Gasteiger partial charge is 0.230 e. The van der Waals surface area contributed by atoms with Gasteiger partial charge in [0.1, 0.15) is 23.9 Å². The molecule has 2 aliphatic carbocycles. The lowest BCUT2D eigenvalue weighted by Crippen LogP contribution is -2.64. The minimum atomic E-state index is -1.01. The molecule has 2 heterocycles. The van der Waals surface area contributed by atoms with Crippen LogP contribution in [-0.4, -0.2) is 65.4 Å². The van der Waals surface area contributed by atoms with E-state index in [-0.39, 0.29) is 60.8 Å². The molecule has 2 N–H and O–H groups in total. The number of oxime groups is 1. The fraction of sp³-hybridized carbons (Fsp3) is 0.691. The van der Waals surface area contributed by atoms with Crippen molar-refractivity contribution in [3.63, 3.8) is 0 Å². The second kappa shape index (κ2) is 28.4. The Bertz CT molecular complexity index is 1750. The van der Waals surface area contributed by atoms with Crippen molar-refractivity contribution in [1.29, 1.82) is 0 Å². The van der Waals surface area contributed by atoms with Gasteiger partial charge < -0.3 is 34.0 Å². The molecule has 2 aromatic carbocycles. The Hall–Kier alpha value is -2.89. The predicted molar refractivity (Wildman–Crippen MR) is 263 cm³/mol. The number of hydrogen-bond donors (Lipinski definition) is 2.